The highest BCUT2D eigenvalue weighted by atomic mass is 32.2. The number of hydrogen-bond acceptors (Lipinski definition) is 3. The third-order valence-electron chi connectivity index (χ3n) is 3.42. The van der Waals surface area contributed by atoms with Gasteiger partial charge in [0.05, 0.1) is 0 Å². The average Bonchev–Trinajstić information content (AvgIpc) is 2.48. The van der Waals surface area contributed by atoms with Crippen molar-refractivity contribution in [1.82, 2.24) is 0 Å². The summed E-state index contributed by atoms with van der Waals surface area (Å²) in [5.74, 6) is 0. The van der Waals surface area contributed by atoms with Crippen LogP contribution in [0.5, 0.6) is 0 Å². The van der Waals surface area contributed by atoms with E-state index in [0.717, 1.165) is 22.7 Å². The van der Waals surface area contributed by atoms with Crippen LogP contribution in [0.25, 0.3) is 0 Å². The summed E-state index contributed by atoms with van der Waals surface area (Å²) in [6, 6.07) is 14.8. The van der Waals surface area contributed by atoms with Gasteiger partial charge in [-0.05, 0) is 30.9 Å². The first-order valence-electron chi connectivity index (χ1n) is 6.76. The Bertz CT molecular complexity index is 636. The Morgan fingerprint density at radius 1 is 1.19 bits per heavy atom. The fraction of sp³-hybridized carbons (Fsp3) is 0.235. The van der Waals surface area contributed by atoms with Gasteiger partial charge in [-0.25, -0.2) is 0 Å². The Hall–Kier alpha value is -1.52. The van der Waals surface area contributed by atoms with Crippen molar-refractivity contribution in [2.45, 2.75) is 18.4 Å². The largest absolute Gasteiger partial charge is 0.389 e. The van der Waals surface area contributed by atoms with Crippen molar-refractivity contribution in [1.29, 1.82) is 0 Å². The number of anilines is 1. The van der Waals surface area contributed by atoms with Crippen molar-refractivity contribution in [3.05, 3.63) is 59.2 Å². The van der Waals surface area contributed by atoms with E-state index in [1.165, 1.54) is 11.1 Å². The lowest BCUT2D eigenvalue weighted by molar-refractivity contribution is 0.918. The fourth-order valence-corrected chi connectivity index (χ4v) is 3.22. The van der Waals surface area contributed by atoms with Gasteiger partial charge in [-0.3, -0.25) is 0 Å². The predicted octanol–water partition coefficient (Wildman–Crippen LogP) is 3.99. The van der Waals surface area contributed by atoms with Crippen LogP contribution >= 0.6 is 24.0 Å². The average molecular weight is 316 g/mol. The van der Waals surface area contributed by atoms with Crippen molar-refractivity contribution in [2.75, 3.05) is 18.2 Å². The number of benzene rings is 2. The maximum atomic E-state index is 5.93. The third-order valence-corrected chi connectivity index (χ3v) is 4.41. The molecule has 4 heteroatoms. The number of thioether (sulfide) groups is 1. The van der Waals surface area contributed by atoms with E-state index in [0.29, 0.717) is 4.99 Å². The van der Waals surface area contributed by atoms with Crippen molar-refractivity contribution >= 4 is 34.7 Å². The summed E-state index contributed by atoms with van der Waals surface area (Å²) in [4.78, 5) is 3.76. The number of nitrogens with zero attached hydrogens (tertiary/aromatic N) is 1. The van der Waals surface area contributed by atoms with Crippen LogP contribution in [0.4, 0.5) is 5.69 Å². The van der Waals surface area contributed by atoms with Gasteiger partial charge in [0, 0.05) is 29.7 Å². The molecule has 0 aliphatic rings. The van der Waals surface area contributed by atoms with Crippen molar-refractivity contribution in [2.24, 2.45) is 5.73 Å². The number of thiocarbonyl (C=S) groups is 1. The molecule has 0 aliphatic heterocycles. The second kappa shape index (κ2) is 6.96. The number of aryl methyl sites for hydroxylation is 1. The highest BCUT2D eigenvalue weighted by Crippen LogP contribution is 2.29. The molecule has 0 fully saturated rings. The monoisotopic (exact) mass is 316 g/mol. The summed E-state index contributed by atoms with van der Waals surface area (Å²) in [6.07, 6.45) is 2.04. The first-order valence-corrected chi connectivity index (χ1v) is 8.39. The highest BCUT2D eigenvalue weighted by molar-refractivity contribution is 7.98. The van der Waals surface area contributed by atoms with E-state index in [4.69, 9.17) is 18.0 Å². The molecule has 21 heavy (non-hydrogen) atoms. The Kier molecular flexibility index (Phi) is 5.26. The van der Waals surface area contributed by atoms with Gasteiger partial charge < -0.3 is 10.6 Å². The van der Waals surface area contributed by atoms with Crippen LogP contribution in [-0.2, 0) is 6.54 Å². The second-order valence-corrected chi connectivity index (χ2v) is 6.35. The SMILES string of the molecule is CSc1cccc(N(C)Cc2ccc(C)cc2)c1C(N)=S. The van der Waals surface area contributed by atoms with Crippen LogP contribution in [0.2, 0.25) is 0 Å². The zero-order chi connectivity index (χ0) is 15.4. The summed E-state index contributed by atoms with van der Waals surface area (Å²) in [5.41, 5.74) is 10.5. The molecule has 0 heterocycles. The summed E-state index contributed by atoms with van der Waals surface area (Å²) in [6.45, 7) is 2.92. The van der Waals surface area contributed by atoms with Crippen LogP contribution in [-0.4, -0.2) is 18.3 Å². The summed E-state index contributed by atoms with van der Waals surface area (Å²) >= 11 is 6.91. The minimum atomic E-state index is 0.450. The molecule has 0 aromatic heterocycles. The van der Waals surface area contributed by atoms with Crippen molar-refractivity contribution in [3.8, 4) is 0 Å². The van der Waals surface area contributed by atoms with Crippen LogP contribution < -0.4 is 10.6 Å². The molecule has 110 valence electrons. The van der Waals surface area contributed by atoms with Gasteiger partial charge in [-0.2, -0.15) is 0 Å². The van der Waals surface area contributed by atoms with Gasteiger partial charge in [-0.15, -0.1) is 11.8 Å². The minimum Gasteiger partial charge on any atom is -0.389 e. The van der Waals surface area contributed by atoms with E-state index in [-0.39, 0.29) is 0 Å². The maximum absolute atomic E-state index is 5.93. The Morgan fingerprint density at radius 2 is 1.86 bits per heavy atom. The van der Waals surface area contributed by atoms with Crippen LogP contribution in [0.15, 0.2) is 47.4 Å². The topological polar surface area (TPSA) is 29.3 Å². The molecule has 2 aromatic carbocycles. The summed E-state index contributed by atoms with van der Waals surface area (Å²) < 4.78 is 0. The Labute approximate surface area is 136 Å². The molecule has 0 bridgehead atoms. The molecular weight excluding hydrogens is 296 g/mol. The van der Waals surface area contributed by atoms with Gasteiger partial charge in [0.2, 0.25) is 0 Å². The standard InChI is InChI=1S/C17H20N2S2/c1-12-7-9-13(10-8-12)11-19(2)14-5-4-6-15(21-3)16(14)17(18)20/h4-10H,11H2,1-3H3,(H2,18,20). The van der Waals surface area contributed by atoms with Crippen molar-refractivity contribution in [3.63, 3.8) is 0 Å². The lowest BCUT2D eigenvalue weighted by atomic mass is 10.1. The summed E-state index contributed by atoms with van der Waals surface area (Å²) in [5, 5.41) is 0. The van der Waals surface area contributed by atoms with Crippen LogP contribution in [0.3, 0.4) is 0 Å². The van der Waals surface area contributed by atoms with E-state index in [2.05, 4.69) is 61.3 Å². The number of rotatable bonds is 5. The molecule has 2 aromatic rings. The third kappa shape index (κ3) is 3.77. The normalized spacial score (nSPS) is 10.4. The summed E-state index contributed by atoms with van der Waals surface area (Å²) in [7, 11) is 2.07. The molecular formula is C17H20N2S2. The number of hydrogen-bond donors (Lipinski definition) is 1. The van der Waals surface area contributed by atoms with Gasteiger partial charge in [-0.1, -0.05) is 48.1 Å². The lowest BCUT2D eigenvalue weighted by Gasteiger charge is -2.23. The smallest absolute Gasteiger partial charge is 0.107 e. The molecule has 0 saturated carbocycles. The molecule has 0 radical (unpaired) electrons. The first-order chi connectivity index (χ1) is 10.0. The lowest BCUT2D eigenvalue weighted by Crippen LogP contribution is -2.22. The Morgan fingerprint density at radius 3 is 2.43 bits per heavy atom. The highest BCUT2D eigenvalue weighted by Gasteiger charge is 2.14. The van der Waals surface area contributed by atoms with Crippen LogP contribution in [0, 0.1) is 6.92 Å². The fourth-order valence-electron chi connectivity index (χ4n) is 2.31. The zero-order valence-electron chi connectivity index (χ0n) is 12.6. The van der Waals surface area contributed by atoms with Gasteiger partial charge in [0.25, 0.3) is 0 Å². The quantitative estimate of drug-likeness (QED) is 0.667. The molecule has 0 saturated heterocycles. The van der Waals surface area contributed by atoms with E-state index in [1.807, 2.05) is 6.26 Å². The van der Waals surface area contributed by atoms with E-state index in [1.54, 1.807) is 11.8 Å². The predicted molar refractivity (Wildman–Crippen MR) is 97.4 cm³/mol. The molecule has 0 aliphatic carbocycles. The van der Waals surface area contributed by atoms with Gasteiger partial charge in [0.1, 0.15) is 4.99 Å². The molecule has 2 rings (SSSR count). The minimum absolute atomic E-state index is 0.450. The molecule has 0 spiro atoms. The van der Waals surface area contributed by atoms with E-state index < -0.39 is 0 Å². The zero-order valence-corrected chi connectivity index (χ0v) is 14.2. The van der Waals surface area contributed by atoms with E-state index >= 15 is 0 Å². The molecule has 2 N–H and O–H groups in total. The molecule has 0 unspecified atom stereocenters. The molecule has 2 nitrogen and oxygen atoms in total. The van der Waals surface area contributed by atoms with Crippen molar-refractivity contribution < 1.29 is 0 Å². The van der Waals surface area contributed by atoms with Gasteiger partial charge in [0.15, 0.2) is 0 Å². The maximum Gasteiger partial charge on any atom is 0.107 e. The Balaban J connectivity index is 2.32. The van der Waals surface area contributed by atoms with Gasteiger partial charge >= 0.3 is 0 Å². The van der Waals surface area contributed by atoms with Crippen LogP contribution in [0.1, 0.15) is 16.7 Å². The number of nitrogens with two attached hydrogens (primary N) is 1. The molecule has 0 atom stereocenters. The second-order valence-electron chi connectivity index (χ2n) is 5.06. The molecule has 0 amide bonds. The van der Waals surface area contributed by atoms with E-state index in [9.17, 15) is 0 Å². The first kappa shape index (κ1) is 15.9.